The third kappa shape index (κ3) is 3.91. The zero-order chi connectivity index (χ0) is 19.4. The van der Waals surface area contributed by atoms with E-state index in [2.05, 4.69) is 26.6 Å². The fraction of sp³-hybridized carbons (Fsp3) is 0.333. The summed E-state index contributed by atoms with van der Waals surface area (Å²) in [5.74, 6) is -0.270. The second kappa shape index (κ2) is 7.90. The predicted octanol–water partition coefficient (Wildman–Crippen LogP) is 2.13. The highest BCUT2D eigenvalue weighted by molar-refractivity contribution is 5.89. The molecule has 27 heavy (non-hydrogen) atoms. The summed E-state index contributed by atoms with van der Waals surface area (Å²) in [6.07, 6.45) is 1.86. The summed E-state index contributed by atoms with van der Waals surface area (Å²) in [6.45, 7) is 2.82. The fourth-order valence-electron chi connectivity index (χ4n) is 2.55. The minimum absolute atomic E-state index is 0.140. The monoisotopic (exact) mass is 371 g/mol. The number of aromatic nitrogens is 4. The highest BCUT2D eigenvalue weighted by Gasteiger charge is 2.17. The van der Waals surface area contributed by atoms with Gasteiger partial charge in [0.1, 0.15) is 0 Å². The number of ether oxygens (including phenoxy) is 2. The van der Waals surface area contributed by atoms with Gasteiger partial charge in [0.25, 0.3) is 6.01 Å². The Bertz CT molecular complexity index is 953. The van der Waals surface area contributed by atoms with Crippen molar-refractivity contribution in [2.75, 3.05) is 19.5 Å². The van der Waals surface area contributed by atoms with Crippen LogP contribution in [0.15, 0.2) is 24.3 Å². The minimum atomic E-state index is -0.410. The van der Waals surface area contributed by atoms with Crippen molar-refractivity contribution in [2.24, 2.45) is 0 Å². The van der Waals surface area contributed by atoms with Gasteiger partial charge in [0, 0.05) is 0 Å². The van der Waals surface area contributed by atoms with E-state index >= 15 is 0 Å². The molecular formula is C18H21N5O4. The van der Waals surface area contributed by atoms with Gasteiger partial charge in [-0.25, -0.2) is 4.79 Å². The van der Waals surface area contributed by atoms with Crippen LogP contribution < -0.4 is 10.5 Å². The van der Waals surface area contributed by atoms with Crippen LogP contribution in [-0.4, -0.2) is 44.3 Å². The van der Waals surface area contributed by atoms with Crippen molar-refractivity contribution < 1.29 is 19.4 Å². The van der Waals surface area contributed by atoms with Crippen molar-refractivity contribution >= 4 is 23.0 Å². The van der Waals surface area contributed by atoms with Crippen LogP contribution in [0, 0.1) is 0 Å². The maximum Gasteiger partial charge on any atom is 0.337 e. The van der Waals surface area contributed by atoms with Crippen LogP contribution in [0.5, 0.6) is 12.0 Å². The number of esters is 1. The molecule has 9 heteroatoms. The van der Waals surface area contributed by atoms with E-state index in [1.54, 1.807) is 24.3 Å². The van der Waals surface area contributed by atoms with Crippen molar-refractivity contribution in [3.63, 3.8) is 0 Å². The molecule has 0 atom stereocenters. The van der Waals surface area contributed by atoms with Gasteiger partial charge in [-0.15, -0.1) is 0 Å². The maximum atomic E-state index is 11.5. The first-order valence-corrected chi connectivity index (χ1v) is 8.56. The largest absolute Gasteiger partial charge is 0.480 e. The molecule has 0 unspecified atom stereocenters. The van der Waals surface area contributed by atoms with E-state index in [1.807, 2.05) is 0 Å². The zero-order valence-corrected chi connectivity index (χ0v) is 15.2. The molecule has 0 aliphatic rings. The van der Waals surface area contributed by atoms with Crippen LogP contribution in [0.25, 0.3) is 11.2 Å². The van der Waals surface area contributed by atoms with Crippen molar-refractivity contribution in [3.05, 3.63) is 35.4 Å². The van der Waals surface area contributed by atoms with Crippen LogP contribution >= 0.6 is 0 Å². The quantitative estimate of drug-likeness (QED) is 0.478. The number of unbranched alkanes of at least 4 members (excludes halogenated alkanes) is 1. The molecule has 142 valence electrons. The summed E-state index contributed by atoms with van der Waals surface area (Å²) in [6, 6.07) is 6.76. The number of nitrogens with two attached hydrogens (primary N) is 1. The molecule has 3 rings (SSSR count). The second-order valence-electron chi connectivity index (χ2n) is 5.95. The Kier molecular flexibility index (Phi) is 5.39. The zero-order valence-electron chi connectivity index (χ0n) is 15.2. The molecule has 0 spiro atoms. The lowest BCUT2D eigenvalue weighted by atomic mass is 10.1. The van der Waals surface area contributed by atoms with Gasteiger partial charge in [0.05, 0.1) is 25.8 Å². The molecule has 0 aliphatic carbocycles. The summed E-state index contributed by atoms with van der Waals surface area (Å²) in [4.78, 5) is 24.0. The number of imidazole rings is 1. The summed E-state index contributed by atoms with van der Waals surface area (Å²) < 4.78 is 11.7. The number of nitrogens with zero attached hydrogens (tertiary/aromatic N) is 4. The van der Waals surface area contributed by atoms with E-state index in [-0.39, 0.29) is 24.4 Å². The number of rotatable bonds is 7. The van der Waals surface area contributed by atoms with Gasteiger partial charge < -0.3 is 20.3 Å². The molecule has 0 amide bonds. The first kappa shape index (κ1) is 18.4. The Hall–Kier alpha value is -3.36. The molecule has 0 aliphatic heterocycles. The minimum Gasteiger partial charge on any atom is -0.480 e. The van der Waals surface area contributed by atoms with Crippen LogP contribution in [-0.2, 0) is 11.3 Å². The molecule has 3 aromatic rings. The van der Waals surface area contributed by atoms with Gasteiger partial charge in [-0.2, -0.15) is 15.0 Å². The summed E-state index contributed by atoms with van der Waals surface area (Å²) in [7, 11) is 1.33. The number of nitrogen functional groups attached to an aromatic ring is 1. The number of benzene rings is 1. The van der Waals surface area contributed by atoms with Crippen LogP contribution in [0.2, 0.25) is 0 Å². The average Bonchev–Trinajstić information content (AvgIpc) is 2.98. The predicted molar refractivity (Wildman–Crippen MR) is 98.7 cm³/mol. The van der Waals surface area contributed by atoms with Gasteiger partial charge in [-0.3, -0.25) is 4.57 Å². The lowest BCUT2D eigenvalue weighted by Crippen LogP contribution is -2.06. The van der Waals surface area contributed by atoms with Gasteiger partial charge in [0.15, 0.2) is 17.0 Å². The van der Waals surface area contributed by atoms with Gasteiger partial charge in [-0.1, -0.05) is 25.5 Å². The number of hydrogen-bond donors (Lipinski definition) is 2. The summed E-state index contributed by atoms with van der Waals surface area (Å²) in [5.41, 5.74) is 7.90. The van der Waals surface area contributed by atoms with Crippen LogP contribution in [0.4, 0.5) is 5.82 Å². The molecule has 3 N–H and O–H groups in total. The molecule has 0 saturated heterocycles. The van der Waals surface area contributed by atoms with Crippen molar-refractivity contribution in [2.45, 2.75) is 26.3 Å². The van der Waals surface area contributed by atoms with E-state index in [0.717, 1.165) is 18.4 Å². The highest BCUT2D eigenvalue weighted by atomic mass is 16.5. The van der Waals surface area contributed by atoms with Gasteiger partial charge in [0.2, 0.25) is 0 Å². The first-order chi connectivity index (χ1) is 13.0. The van der Waals surface area contributed by atoms with Crippen molar-refractivity contribution in [3.8, 4) is 12.0 Å². The number of carbonyl (C=O) groups is 1. The van der Waals surface area contributed by atoms with E-state index in [0.29, 0.717) is 23.3 Å². The van der Waals surface area contributed by atoms with Crippen LogP contribution in [0.3, 0.4) is 0 Å². The average molecular weight is 371 g/mol. The first-order valence-electron chi connectivity index (χ1n) is 8.56. The van der Waals surface area contributed by atoms with E-state index in [4.69, 9.17) is 10.5 Å². The van der Waals surface area contributed by atoms with E-state index < -0.39 is 5.97 Å². The third-order valence-electron chi connectivity index (χ3n) is 4.03. The standard InChI is InChI=1S/C18H21N5O4/c1-3-4-9-27-17-21-14(19)13-15(22-17)23(18(25)20-13)10-11-5-7-12(8-6-11)16(24)26-2/h5-8H,3-4,9-10H2,1-2H3,(H,20,25)(H2,19,21,22). The lowest BCUT2D eigenvalue weighted by molar-refractivity contribution is 0.0600. The molecule has 0 bridgehead atoms. The van der Waals surface area contributed by atoms with Gasteiger partial charge in [-0.05, 0) is 24.1 Å². The maximum absolute atomic E-state index is 11.5. The molecule has 2 aromatic heterocycles. The van der Waals surface area contributed by atoms with Gasteiger partial charge >= 0.3 is 12.0 Å². The third-order valence-corrected chi connectivity index (χ3v) is 4.03. The smallest absolute Gasteiger partial charge is 0.337 e. The Morgan fingerprint density at radius 2 is 1.96 bits per heavy atom. The second-order valence-corrected chi connectivity index (χ2v) is 5.95. The lowest BCUT2D eigenvalue weighted by Gasteiger charge is -2.08. The SMILES string of the molecule is CCCCOc1nc(N)c2nc(O)n(Cc3ccc(C(=O)OC)cc3)c2n1. The Morgan fingerprint density at radius 1 is 1.22 bits per heavy atom. The molecule has 0 fully saturated rings. The number of fused-ring (bicyclic) bond motifs is 1. The number of methoxy groups -OCH3 is 1. The molecular weight excluding hydrogens is 350 g/mol. The number of carbonyl (C=O) groups excluding carboxylic acids is 1. The summed E-state index contributed by atoms with van der Waals surface area (Å²) in [5, 5.41) is 10.2. The Labute approximate surface area is 155 Å². The number of anilines is 1. The molecule has 9 nitrogen and oxygen atoms in total. The Balaban J connectivity index is 1.91. The topological polar surface area (TPSA) is 125 Å². The summed E-state index contributed by atoms with van der Waals surface area (Å²) >= 11 is 0. The molecule has 0 radical (unpaired) electrons. The van der Waals surface area contributed by atoms with E-state index in [1.165, 1.54) is 11.7 Å². The Morgan fingerprint density at radius 3 is 2.63 bits per heavy atom. The molecule has 2 heterocycles. The van der Waals surface area contributed by atoms with E-state index in [9.17, 15) is 9.90 Å². The normalized spacial score (nSPS) is 10.9. The fourth-order valence-corrected chi connectivity index (χ4v) is 2.55. The van der Waals surface area contributed by atoms with Crippen molar-refractivity contribution in [1.29, 1.82) is 0 Å². The van der Waals surface area contributed by atoms with Crippen LogP contribution in [0.1, 0.15) is 35.7 Å². The molecule has 0 saturated carbocycles. The molecule has 1 aromatic carbocycles. The number of hydrogen-bond acceptors (Lipinski definition) is 8. The highest BCUT2D eigenvalue weighted by Crippen LogP contribution is 2.25. The van der Waals surface area contributed by atoms with Crippen molar-refractivity contribution in [1.82, 2.24) is 19.5 Å². The number of aromatic hydroxyl groups is 1.